The van der Waals surface area contributed by atoms with Gasteiger partial charge in [-0.25, -0.2) is 0 Å². The molecule has 7 heteroatoms. The van der Waals surface area contributed by atoms with E-state index in [1.54, 1.807) is 0 Å². The predicted molar refractivity (Wildman–Crippen MR) is 41.2 cm³/mol. The van der Waals surface area contributed by atoms with Crippen LogP contribution in [0, 0.1) is 11.3 Å². The van der Waals surface area contributed by atoms with Gasteiger partial charge < -0.3 is 0 Å². The van der Waals surface area contributed by atoms with Crippen LogP contribution < -0.4 is 0 Å². The molecule has 1 aromatic rings. The van der Waals surface area contributed by atoms with Gasteiger partial charge in [0.15, 0.2) is 0 Å². The van der Waals surface area contributed by atoms with Gasteiger partial charge in [0.25, 0.3) is 0 Å². The fourth-order valence-electron chi connectivity index (χ4n) is 1.05. The molecule has 0 aliphatic heterocycles. The Hall–Kier alpha value is -1.71. The van der Waals surface area contributed by atoms with Crippen molar-refractivity contribution in [2.24, 2.45) is 0 Å². The largest absolute Gasteiger partial charge is 0.417 e. The molecule has 0 fully saturated rings. The van der Waals surface area contributed by atoms with Crippen LogP contribution in [0.4, 0.5) is 26.3 Å². The first kappa shape index (κ1) is 12.4. The van der Waals surface area contributed by atoms with Crippen LogP contribution in [0.1, 0.15) is 16.7 Å². The third-order valence-corrected chi connectivity index (χ3v) is 1.77. The summed E-state index contributed by atoms with van der Waals surface area (Å²) in [5, 5.41) is 8.34. The normalized spacial score (nSPS) is 12.3. The van der Waals surface area contributed by atoms with E-state index in [2.05, 4.69) is 0 Å². The lowest BCUT2D eigenvalue weighted by molar-refractivity contribution is -0.143. The Morgan fingerprint density at radius 3 is 1.88 bits per heavy atom. The molecule has 0 saturated carbocycles. The van der Waals surface area contributed by atoms with E-state index in [0.717, 1.165) is 0 Å². The van der Waals surface area contributed by atoms with E-state index in [9.17, 15) is 26.3 Å². The molecule has 0 heterocycles. The van der Waals surface area contributed by atoms with Crippen molar-refractivity contribution >= 4 is 0 Å². The quantitative estimate of drug-likeness (QED) is 0.634. The number of rotatable bonds is 0. The Kier molecular flexibility index (Phi) is 2.86. The van der Waals surface area contributed by atoms with Crippen LogP contribution >= 0.6 is 0 Å². The molecule has 0 bridgehead atoms. The summed E-state index contributed by atoms with van der Waals surface area (Å²) in [4.78, 5) is 0. The van der Waals surface area contributed by atoms with Gasteiger partial charge >= 0.3 is 12.4 Å². The summed E-state index contributed by atoms with van der Waals surface area (Å²) in [6, 6.07) is 2.07. The molecule has 0 atom stereocenters. The molecular formula is C9H3F6N. The van der Waals surface area contributed by atoms with Gasteiger partial charge in [0, 0.05) is 0 Å². The summed E-state index contributed by atoms with van der Waals surface area (Å²) < 4.78 is 73.3. The molecule has 0 aliphatic rings. The molecule has 0 N–H and O–H groups in total. The topological polar surface area (TPSA) is 23.8 Å². The molecule has 0 radical (unpaired) electrons. The average molecular weight is 239 g/mol. The van der Waals surface area contributed by atoms with Crippen LogP contribution in [-0.4, -0.2) is 0 Å². The van der Waals surface area contributed by atoms with Crippen LogP contribution in [0.25, 0.3) is 0 Å². The first-order valence-corrected chi connectivity index (χ1v) is 3.85. The molecule has 16 heavy (non-hydrogen) atoms. The number of nitrogens with zero attached hydrogens (tertiary/aromatic N) is 1. The maximum atomic E-state index is 12.3. The van der Waals surface area contributed by atoms with Gasteiger partial charge in [-0.1, -0.05) is 0 Å². The lowest BCUT2D eigenvalue weighted by Crippen LogP contribution is -2.12. The van der Waals surface area contributed by atoms with Crippen molar-refractivity contribution < 1.29 is 26.3 Å². The molecule has 0 saturated heterocycles. The SMILES string of the molecule is N#Cc1ccc(C(F)(F)F)cc1C(F)(F)F. The predicted octanol–water partition coefficient (Wildman–Crippen LogP) is 3.60. The van der Waals surface area contributed by atoms with Crippen LogP contribution in [-0.2, 0) is 12.4 Å². The molecule has 1 rings (SSSR count). The second kappa shape index (κ2) is 3.70. The van der Waals surface area contributed by atoms with Crippen molar-refractivity contribution in [2.45, 2.75) is 12.4 Å². The molecule has 86 valence electrons. The van der Waals surface area contributed by atoms with Gasteiger partial charge in [-0.3, -0.25) is 0 Å². The summed E-state index contributed by atoms with van der Waals surface area (Å²) in [6.45, 7) is 0. The molecule has 0 amide bonds. The first-order valence-electron chi connectivity index (χ1n) is 3.85. The maximum absolute atomic E-state index is 12.3. The van der Waals surface area contributed by atoms with Crippen LogP contribution in [0.5, 0.6) is 0 Å². The van der Waals surface area contributed by atoms with Gasteiger partial charge in [0.05, 0.1) is 22.8 Å². The van der Waals surface area contributed by atoms with E-state index >= 15 is 0 Å². The summed E-state index contributed by atoms with van der Waals surface area (Å²) in [5.41, 5.74) is -3.84. The van der Waals surface area contributed by atoms with E-state index in [1.807, 2.05) is 0 Å². The highest BCUT2D eigenvalue weighted by Gasteiger charge is 2.38. The monoisotopic (exact) mass is 239 g/mol. The van der Waals surface area contributed by atoms with Crippen LogP contribution in [0.15, 0.2) is 18.2 Å². The van der Waals surface area contributed by atoms with Gasteiger partial charge in [0.1, 0.15) is 0 Å². The van der Waals surface area contributed by atoms with Crippen molar-refractivity contribution in [1.82, 2.24) is 0 Å². The lowest BCUT2D eigenvalue weighted by atomic mass is 10.0. The zero-order valence-electron chi connectivity index (χ0n) is 7.45. The summed E-state index contributed by atoms with van der Waals surface area (Å²) in [7, 11) is 0. The summed E-state index contributed by atoms with van der Waals surface area (Å²) in [6.07, 6.45) is -9.85. The van der Waals surface area contributed by atoms with Crippen molar-refractivity contribution in [3.05, 3.63) is 34.9 Å². The van der Waals surface area contributed by atoms with Crippen molar-refractivity contribution in [2.75, 3.05) is 0 Å². The fourth-order valence-corrected chi connectivity index (χ4v) is 1.05. The number of alkyl halides is 6. The number of hydrogen-bond acceptors (Lipinski definition) is 1. The number of nitriles is 1. The Morgan fingerprint density at radius 1 is 0.938 bits per heavy atom. The molecule has 0 spiro atoms. The molecule has 1 nitrogen and oxygen atoms in total. The highest BCUT2D eigenvalue weighted by molar-refractivity contribution is 5.42. The average Bonchev–Trinajstić information content (AvgIpc) is 2.14. The minimum absolute atomic E-state index is 0.0709. The maximum Gasteiger partial charge on any atom is 0.417 e. The van der Waals surface area contributed by atoms with Gasteiger partial charge in [-0.15, -0.1) is 0 Å². The fraction of sp³-hybridized carbons (Fsp3) is 0.222. The minimum atomic E-state index is -4.98. The second-order valence-corrected chi connectivity index (χ2v) is 2.87. The second-order valence-electron chi connectivity index (χ2n) is 2.87. The molecule has 0 aliphatic carbocycles. The standard InChI is InChI=1S/C9H3F6N/c10-8(11,12)6-2-1-5(4-16)7(3-6)9(13,14)15/h1-3H. The Balaban J connectivity index is 3.41. The summed E-state index contributed by atoms with van der Waals surface area (Å²) in [5.74, 6) is 0. The van der Waals surface area contributed by atoms with Gasteiger partial charge in [0.2, 0.25) is 0 Å². The molecule has 0 aromatic heterocycles. The minimum Gasteiger partial charge on any atom is -0.192 e. The third-order valence-electron chi connectivity index (χ3n) is 1.77. The molecule has 1 aromatic carbocycles. The molecular weight excluding hydrogens is 236 g/mol. The van der Waals surface area contributed by atoms with Crippen molar-refractivity contribution in [3.63, 3.8) is 0 Å². The molecule has 0 unspecified atom stereocenters. The highest BCUT2D eigenvalue weighted by Crippen LogP contribution is 2.36. The van der Waals surface area contributed by atoms with Crippen LogP contribution in [0.3, 0.4) is 0 Å². The number of halogens is 6. The number of hydrogen-bond donors (Lipinski definition) is 0. The smallest absolute Gasteiger partial charge is 0.192 e. The van der Waals surface area contributed by atoms with Gasteiger partial charge in [-0.2, -0.15) is 31.6 Å². The first-order chi connectivity index (χ1) is 7.16. The third kappa shape index (κ3) is 2.45. The van der Waals surface area contributed by atoms with Crippen LogP contribution in [0.2, 0.25) is 0 Å². The van der Waals surface area contributed by atoms with E-state index in [-0.39, 0.29) is 6.07 Å². The number of benzene rings is 1. The van der Waals surface area contributed by atoms with E-state index in [1.165, 1.54) is 6.07 Å². The van der Waals surface area contributed by atoms with Gasteiger partial charge in [-0.05, 0) is 18.2 Å². The van der Waals surface area contributed by atoms with E-state index in [0.29, 0.717) is 12.1 Å². The van der Waals surface area contributed by atoms with E-state index < -0.39 is 29.0 Å². The van der Waals surface area contributed by atoms with E-state index in [4.69, 9.17) is 5.26 Å². The Bertz CT molecular complexity index is 437. The van der Waals surface area contributed by atoms with Crippen molar-refractivity contribution in [1.29, 1.82) is 5.26 Å². The highest BCUT2D eigenvalue weighted by atomic mass is 19.4. The zero-order valence-corrected chi connectivity index (χ0v) is 7.45. The summed E-state index contributed by atoms with van der Waals surface area (Å²) >= 11 is 0. The van der Waals surface area contributed by atoms with Crippen molar-refractivity contribution in [3.8, 4) is 6.07 Å². The Labute approximate surface area is 85.9 Å². The zero-order chi connectivity index (χ0) is 12.6. The Morgan fingerprint density at radius 2 is 1.50 bits per heavy atom. The lowest BCUT2D eigenvalue weighted by Gasteiger charge is -2.12.